The average molecular weight is 277 g/mol. The van der Waals surface area contributed by atoms with Gasteiger partial charge in [-0.15, -0.1) is 0 Å². The molecule has 0 radical (unpaired) electrons. The van der Waals surface area contributed by atoms with Gasteiger partial charge in [0.05, 0.1) is 19.1 Å². The molecular formula is C16H23NO3. The maximum Gasteiger partial charge on any atom is 0.313 e. The number of piperidine rings is 1. The van der Waals surface area contributed by atoms with E-state index in [2.05, 4.69) is 5.32 Å². The van der Waals surface area contributed by atoms with Gasteiger partial charge in [-0.3, -0.25) is 4.79 Å². The van der Waals surface area contributed by atoms with Crippen LogP contribution >= 0.6 is 0 Å². The molecule has 0 spiro atoms. The van der Waals surface area contributed by atoms with Crippen molar-refractivity contribution < 1.29 is 14.3 Å². The van der Waals surface area contributed by atoms with Crippen molar-refractivity contribution in [2.24, 2.45) is 5.41 Å². The molecular weight excluding hydrogens is 254 g/mol. The first-order chi connectivity index (χ1) is 9.70. The van der Waals surface area contributed by atoms with Crippen LogP contribution in [0.5, 0.6) is 5.75 Å². The van der Waals surface area contributed by atoms with Crippen molar-refractivity contribution in [3.8, 4) is 5.75 Å². The van der Waals surface area contributed by atoms with Gasteiger partial charge in [0, 0.05) is 6.54 Å². The molecule has 1 aliphatic rings. The molecule has 4 heteroatoms. The average Bonchev–Trinajstić information content (AvgIpc) is 2.48. The molecule has 0 unspecified atom stereocenters. The number of benzene rings is 1. The van der Waals surface area contributed by atoms with E-state index in [4.69, 9.17) is 9.47 Å². The van der Waals surface area contributed by atoms with Crippen molar-refractivity contribution in [2.45, 2.75) is 26.2 Å². The summed E-state index contributed by atoms with van der Waals surface area (Å²) >= 11 is 0. The van der Waals surface area contributed by atoms with Gasteiger partial charge in [0.25, 0.3) is 0 Å². The van der Waals surface area contributed by atoms with Crippen LogP contribution in [0.1, 0.15) is 25.3 Å². The monoisotopic (exact) mass is 277 g/mol. The zero-order valence-electron chi connectivity index (χ0n) is 12.3. The number of carbonyl (C=O) groups is 1. The normalized spacial score (nSPS) is 22.3. The molecule has 4 nitrogen and oxygen atoms in total. The Hall–Kier alpha value is -1.55. The van der Waals surface area contributed by atoms with Gasteiger partial charge in [-0.2, -0.15) is 0 Å². The lowest BCUT2D eigenvalue weighted by Crippen LogP contribution is -2.47. The summed E-state index contributed by atoms with van der Waals surface area (Å²) in [4.78, 5) is 12.4. The van der Waals surface area contributed by atoms with Crippen LogP contribution < -0.4 is 10.1 Å². The van der Waals surface area contributed by atoms with E-state index >= 15 is 0 Å². The van der Waals surface area contributed by atoms with Gasteiger partial charge in [0.15, 0.2) is 0 Å². The van der Waals surface area contributed by atoms with E-state index in [-0.39, 0.29) is 5.97 Å². The highest BCUT2D eigenvalue weighted by atomic mass is 16.5. The number of rotatable bonds is 5. The zero-order chi connectivity index (χ0) is 14.4. The molecule has 1 aromatic rings. The second kappa shape index (κ2) is 6.75. The van der Waals surface area contributed by atoms with Crippen molar-refractivity contribution in [3.63, 3.8) is 0 Å². The molecule has 0 amide bonds. The fraction of sp³-hybridized carbons (Fsp3) is 0.562. The lowest BCUT2D eigenvalue weighted by molar-refractivity contribution is -0.156. The zero-order valence-corrected chi connectivity index (χ0v) is 12.3. The number of carbonyl (C=O) groups excluding carboxylic acids is 1. The largest absolute Gasteiger partial charge is 0.497 e. The lowest BCUT2D eigenvalue weighted by atomic mass is 9.75. The SMILES string of the molecule is CCOC(=O)[C@]1(Cc2cccc(OC)c2)CCCNC1. The summed E-state index contributed by atoms with van der Waals surface area (Å²) < 4.78 is 10.6. The summed E-state index contributed by atoms with van der Waals surface area (Å²) in [6, 6.07) is 7.91. The first kappa shape index (κ1) is 14.9. The van der Waals surface area contributed by atoms with Crippen LogP contribution in [0.25, 0.3) is 0 Å². The Bertz CT molecular complexity index is 453. The van der Waals surface area contributed by atoms with E-state index < -0.39 is 5.41 Å². The summed E-state index contributed by atoms with van der Waals surface area (Å²) in [5, 5.41) is 3.33. The molecule has 110 valence electrons. The quantitative estimate of drug-likeness (QED) is 0.838. The predicted octanol–water partition coefficient (Wildman–Crippen LogP) is 2.17. The molecule has 1 atom stereocenters. The maximum atomic E-state index is 12.4. The van der Waals surface area contributed by atoms with E-state index in [0.29, 0.717) is 19.6 Å². The molecule has 2 rings (SSSR count). The Morgan fingerprint density at radius 1 is 1.45 bits per heavy atom. The molecule has 1 fully saturated rings. The van der Waals surface area contributed by atoms with Crippen molar-refractivity contribution in [2.75, 3.05) is 26.8 Å². The minimum Gasteiger partial charge on any atom is -0.497 e. The maximum absolute atomic E-state index is 12.4. The van der Waals surface area contributed by atoms with Crippen LogP contribution in [0.3, 0.4) is 0 Å². The van der Waals surface area contributed by atoms with Crippen molar-refractivity contribution in [3.05, 3.63) is 29.8 Å². The van der Waals surface area contributed by atoms with Crippen LogP contribution in [0.4, 0.5) is 0 Å². The minimum absolute atomic E-state index is 0.0879. The Morgan fingerprint density at radius 2 is 2.30 bits per heavy atom. The van der Waals surface area contributed by atoms with Crippen molar-refractivity contribution in [1.82, 2.24) is 5.32 Å². The van der Waals surface area contributed by atoms with Crippen LogP contribution in [-0.4, -0.2) is 32.8 Å². The Kier molecular flexibility index (Phi) is 5.01. The smallest absolute Gasteiger partial charge is 0.313 e. The number of hydrogen-bond acceptors (Lipinski definition) is 4. The Labute approximate surface area is 120 Å². The van der Waals surface area contributed by atoms with Gasteiger partial charge >= 0.3 is 5.97 Å². The first-order valence-electron chi connectivity index (χ1n) is 7.21. The second-order valence-corrected chi connectivity index (χ2v) is 5.31. The van der Waals surface area contributed by atoms with E-state index in [9.17, 15) is 4.79 Å². The fourth-order valence-electron chi connectivity index (χ4n) is 2.82. The molecule has 1 heterocycles. The van der Waals surface area contributed by atoms with Crippen LogP contribution in [0, 0.1) is 5.41 Å². The summed E-state index contributed by atoms with van der Waals surface area (Å²) in [7, 11) is 1.66. The van der Waals surface area contributed by atoms with Crippen molar-refractivity contribution >= 4 is 5.97 Å². The highest BCUT2D eigenvalue weighted by Crippen LogP contribution is 2.33. The molecule has 1 aromatic carbocycles. The molecule has 1 saturated heterocycles. The van der Waals surface area contributed by atoms with E-state index in [1.807, 2.05) is 31.2 Å². The number of methoxy groups -OCH3 is 1. The second-order valence-electron chi connectivity index (χ2n) is 5.31. The van der Waals surface area contributed by atoms with Gasteiger partial charge in [0.2, 0.25) is 0 Å². The fourth-order valence-corrected chi connectivity index (χ4v) is 2.82. The third kappa shape index (κ3) is 3.31. The van der Waals surface area contributed by atoms with Crippen LogP contribution in [-0.2, 0) is 16.0 Å². The standard InChI is InChI=1S/C16H23NO3/c1-3-20-15(18)16(8-5-9-17-12-16)11-13-6-4-7-14(10-13)19-2/h4,6-7,10,17H,3,5,8-9,11-12H2,1-2H3/t16-/m0/s1. The van der Waals surface area contributed by atoms with Gasteiger partial charge < -0.3 is 14.8 Å². The van der Waals surface area contributed by atoms with Gasteiger partial charge in [-0.05, 0) is 50.4 Å². The molecule has 1 N–H and O–H groups in total. The Balaban J connectivity index is 2.20. The third-order valence-electron chi connectivity index (χ3n) is 3.86. The van der Waals surface area contributed by atoms with Gasteiger partial charge in [-0.25, -0.2) is 0 Å². The molecule has 0 aliphatic carbocycles. The number of hydrogen-bond donors (Lipinski definition) is 1. The van der Waals surface area contributed by atoms with E-state index in [0.717, 1.165) is 30.7 Å². The van der Waals surface area contributed by atoms with Crippen LogP contribution in [0.15, 0.2) is 24.3 Å². The molecule has 0 aromatic heterocycles. The molecule has 0 bridgehead atoms. The minimum atomic E-state index is -0.444. The summed E-state index contributed by atoms with van der Waals surface area (Å²) in [6.07, 6.45) is 2.56. The molecule has 20 heavy (non-hydrogen) atoms. The summed E-state index contributed by atoms with van der Waals surface area (Å²) in [5.74, 6) is 0.736. The van der Waals surface area contributed by atoms with E-state index in [1.54, 1.807) is 7.11 Å². The van der Waals surface area contributed by atoms with Gasteiger partial charge in [-0.1, -0.05) is 12.1 Å². The Morgan fingerprint density at radius 3 is 2.95 bits per heavy atom. The van der Waals surface area contributed by atoms with Crippen molar-refractivity contribution in [1.29, 1.82) is 0 Å². The van der Waals surface area contributed by atoms with E-state index in [1.165, 1.54) is 0 Å². The molecule has 0 saturated carbocycles. The highest BCUT2D eigenvalue weighted by Gasteiger charge is 2.41. The number of esters is 1. The van der Waals surface area contributed by atoms with Crippen LogP contribution in [0.2, 0.25) is 0 Å². The summed E-state index contributed by atoms with van der Waals surface area (Å²) in [6.45, 7) is 3.94. The third-order valence-corrected chi connectivity index (χ3v) is 3.86. The lowest BCUT2D eigenvalue weighted by Gasteiger charge is -2.35. The number of ether oxygens (including phenoxy) is 2. The first-order valence-corrected chi connectivity index (χ1v) is 7.21. The predicted molar refractivity (Wildman–Crippen MR) is 77.9 cm³/mol. The molecule has 1 aliphatic heterocycles. The topological polar surface area (TPSA) is 47.6 Å². The van der Waals surface area contributed by atoms with Gasteiger partial charge in [0.1, 0.15) is 5.75 Å². The summed E-state index contributed by atoms with van der Waals surface area (Å²) in [5.41, 5.74) is 0.668. The number of nitrogens with one attached hydrogen (secondary N) is 1. The highest BCUT2D eigenvalue weighted by molar-refractivity contribution is 5.77.